The molecule has 142 valence electrons. The molecule has 1 atom stereocenters. The summed E-state index contributed by atoms with van der Waals surface area (Å²) in [5.41, 5.74) is 2.33. The molecule has 1 aliphatic heterocycles. The van der Waals surface area contributed by atoms with Crippen molar-refractivity contribution in [3.05, 3.63) is 59.7 Å². The van der Waals surface area contributed by atoms with Crippen LogP contribution < -0.4 is 20.1 Å². The Morgan fingerprint density at radius 2 is 1.93 bits per heavy atom. The largest absolute Gasteiger partial charge is 0.493 e. The van der Waals surface area contributed by atoms with E-state index < -0.39 is 0 Å². The van der Waals surface area contributed by atoms with E-state index in [2.05, 4.69) is 27.8 Å². The number of aliphatic imine (C=N–C) groups is 1. The van der Waals surface area contributed by atoms with Crippen LogP contribution in [0.15, 0.2) is 53.5 Å². The number of benzene rings is 2. The van der Waals surface area contributed by atoms with E-state index in [0.29, 0.717) is 13.2 Å². The van der Waals surface area contributed by atoms with Gasteiger partial charge in [0.2, 0.25) is 0 Å². The molecule has 0 bridgehead atoms. The van der Waals surface area contributed by atoms with Crippen molar-refractivity contribution in [3.63, 3.8) is 0 Å². The van der Waals surface area contributed by atoms with Crippen molar-refractivity contribution >= 4 is 5.96 Å². The molecule has 1 saturated carbocycles. The summed E-state index contributed by atoms with van der Waals surface area (Å²) in [5.74, 6) is 3.45. The topological polar surface area (TPSA) is 54.9 Å². The predicted molar refractivity (Wildman–Crippen MR) is 107 cm³/mol. The summed E-state index contributed by atoms with van der Waals surface area (Å²) < 4.78 is 11.8. The van der Waals surface area contributed by atoms with Gasteiger partial charge in [-0.15, -0.1) is 0 Å². The van der Waals surface area contributed by atoms with Gasteiger partial charge in [-0.25, -0.2) is 0 Å². The molecule has 4 rings (SSSR count). The third kappa shape index (κ3) is 4.54. The molecule has 0 radical (unpaired) electrons. The second kappa shape index (κ2) is 8.33. The molecule has 5 heteroatoms. The monoisotopic (exact) mass is 365 g/mol. The molecule has 1 unspecified atom stereocenters. The Balaban J connectivity index is 1.38. The molecule has 1 aliphatic carbocycles. The highest BCUT2D eigenvalue weighted by molar-refractivity contribution is 5.80. The van der Waals surface area contributed by atoms with Crippen molar-refractivity contribution in [2.45, 2.75) is 31.8 Å². The van der Waals surface area contributed by atoms with Gasteiger partial charge in [0.05, 0.1) is 19.3 Å². The lowest BCUT2D eigenvalue weighted by Crippen LogP contribution is -2.40. The van der Waals surface area contributed by atoms with E-state index in [1.807, 2.05) is 36.4 Å². The zero-order chi connectivity index (χ0) is 18.5. The van der Waals surface area contributed by atoms with Crippen LogP contribution in [0.4, 0.5) is 0 Å². The first-order valence-corrected chi connectivity index (χ1v) is 9.73. The standard InChI is InChI=1S/C22H27N3O2/c1-23-22(25-19-12-13-26-21-9-5-3-7-18(19)21)24-14-17-6-2-4-8-20(17)27-15-16-10-11-16/h2-9,16,19H,10-15H2,1H3,(H2,23,24,25). The highest BCUT2D eigenvalue weighted by atomic mass is 16.5. The average molecular weight is 365 g/mol. The number of ether oxygens (including phenoxy) is 2. The Labute approximate surface area is 160 Å². The summed E-state index contributed by atoms with van der Waals surface area (Å²) >= 11 is 0. The van der Waals surface area contributed by atoms with Gasteiger partial charge >= 0.3 is 0 Å². The maximum absolute atomic E-state index is 6.01. The predicted octanol–water partition coefficient (Wildman–Crippen LogP) is 3.66. The van der Waals surface area contributed by atoms with Crippen LogP contribution in [-0.4, -0.2) is 26.2 Å². The molecule has 1 heterocycles. The summed E-state index contributed by atoms with van der Waals surface area (Å²) in [6.07, 6.45) is 3.51. The van der Waals surface area contributed by atoms with Gasteiger partial charge in [-0.2, -0.15) is 0 Å². The molecular weight excluding hydrogens is 338 g/mol. The first-order chi connectivity index (χ1) is 13.3. The smallest absolute Gasteiger partial charge is 0.191 e. The lowest BCUT2D eigenvalue weighted by molar-refractivity contribution is 0.261. The van der Waals surface area contributed by atoms with E-state index in [1.54, 1.807) is 7.05 Å². The molecule has 2 aromatic rings. The van der Waals surface area contributed by atoms with E-state index in [1.165, 1.54) is 18.4 Å². The van der Waals surface area contributed by atoms with Gasteiger partial charge in [0.25, 0.3) is 0 Å². The van der Waals surface area contributed by atoms with Gasteiger partial charge in [0.1, 0.15) is 11.5 Å². The fourth-order valence-corrected chi connectivity index (χ4v) is 3.31. The van der Waals surface area contributed by atoms with E-state index in [0.717, 1.165) is 42.0 Å². The third-order valence-corrected chi connectivity index (χ3v) is 5.08. The number of guanidine groups is 1. The molecule has 2 aromatic carbocycles. The third-order valence-electron chi connectivity index (χ3n) is 5.08. The Bertz CT molecular complexity index is 802. The summed E-state index contributed by atoms with van der Waals surface area (Å²) in [6.45, 7) is 2.21. The zero-order valence-corrected chi connectivity index (χ0v) is 15.8. The van der Waals surface area contributed by atoms with Crippen LogP contribution in [0.5, 0.6) is 11.5 Å². The number of fused-ring (bicyclic) bond motifs is 1. The number of hydrogen-bond acceptors (Lipinski definition) is 3. The van der Waals surface area contributed by atoms with Crippen molar-refractivity contribution < 1.29 is 9.47 Å². The van der Waals surface area contributed by atoms with Crippen LogP contribution in [0.25, 0.3) is 0 Å². The SMILES string of the molecule is CN=C(NCc1ccccc1OCC1CC1)NC1CCOc2ccccc21. The Kier molecular flexibility index (Phi) is 5.47. The molecule has 2 aliphatic rings. The molecule has 0 aromatic heterocycles. The van der Waals surface area contributed by atoms with Gasteiger partial charge in [-0.05, 0) is 30.9 Å². The second-order valence-electron chi connectivity index (χ2n) is 7.16. The highest BCUT2D eigenvalue weighted by Gasteiger charge is 2.23. The minimum atomic E-state index is 0.197. The molecule has 0 spiro atoms. The fraction of sp³-hybridized carbons (Fsp3) is 0.409. The summed E-state index contributed by atoms with van der Waals surface area (Å²) in [4.78, 5) is 4.40. The van der Waals surface area contributed by atoms with E-state index >= 15 is 0 Å². The van der Waals surface area contributed by atoms with Crippen LogP contribution >= 0.6 is 0 Å². The number of rotatable bonds is 6. The Hall–Kier alpha value is -2.69. The van der Waals surface area contributed by atoms with Crippen molar-refractivity contribution in [2.75, 3.05) is 20.3 Å². The van der Waals surface area contributed by atoms with Gasteiger partial charge in [0, 0.05) is 31.1 Å². The summed E-state index contributed by atoms with van der Waals surface area (Å²) in [5, 5.41) is 6.96. The summed E-state index contributed by atoms with van der Waals surface area (Å²) in [6, 6.07) is 16.6. The van der Waals surface area contributed by atoms with Crippen LogP contribution in [0, 0.1) is 5.92 Å². The maximum atomic E-state index is 6.01. The van der Waals surface area contributed by atoms with Gasteiger partial charge in [-0.1, -0.05) is 36.4 Å². The van der Waals surface area contributed by atoms with Crippen LogP contribution in [0.3, 0.4) is 0 Å². The van der Waals surface area contributed by atoms with Crippen molar-refractivity contribution in [3.8, 4) is 11.5 Å². The first kappa shape index (κ1) is 17.7. The number of nitrogens with zero attached hydrogens (tertiary/aromatic N) is 1. The molecule has 2 N–H and O–H groups in total. The molecule has 5 nitrogen and oxygen atoms in total. The molecule has 0 saturated heterocycles. The van der Waals surface area contributed by atoms with Gasteiger partial charge in [0.15, 0.2) is 5.96 Å². The summed E-state index contributed by atoms with van der Waals surface area (Å²) in [7, 11) is 1.80. The van der Waals surface area contributed by atoms with Gasteiger partial charge < -0.3 is 20.1 Å². The highest BCUT2D eigenvalue weighted by Crippen LogP contribution is 2.32. The van der Waals surface area contributed by atoms with E-state index in [9.17, 15) is 0 Å². The van der Waals surface area contributed by atoms with Crippen molar-refractivity contribution in [2.24, 2.45) is 10.9 Å². The normalized spacial score (nSPS) is 19.0. The first-order valence-electron chi connectivity index (χ1n) is 9.73. The molecule has 27 heavy (non-hydrogen) atoms. The fourth-order valence-electron chi connectivity index (χ4n) is 3.31. The van der Waals surface area contributed by atoms with Crippen LogP contribution in [0.1, 0.15) is 36.4 Å². The van der Waals surface area contributed by atoms with Gasteiger partial charge in [-0.3, -0.25) is 4.99 Å². The number of para-hydroxylation sites is 2. The molecule has 1 fully saturated rings. The lowest BCUT2D eigenvalue weighted by Gasteiger charge is -2.28. The minimum Gasteiger partial charge on any atom is -0.493 e. The number of hydrogen-bond donors (Lipinski definition) is 2. The van der Waals surface area contributed by atoms with Crippen molar-refractivity contribution in [1.29, 1.82) is 0 Å². The van der Waals surface area contributed by atoms with E-state index in [-0.39, 0.29) is 6.04 Å². The van der Waals surface area contributed by atoms with E-state index in [4.69, 9.17) is 9.47 Å². The molecular formula is C22H27N3O2. The minimum absolute atomic E-state index is 0.197. The van der Waals surface area contributed by atoms with Crippen molar-refractivity contribution in [1.82, 2.24) is 10.6 Å². The second-order valence-corrected chi connectivity index (χ2v) is 7.16. The Morgan fingerprint density at radius 1 is 1.11 bits per heavy atom. The zero-order valence-electron chi connectivity index (χ0n) is 15.8. The maximum Gasteiger partial charge on any atom is 0.191 e. The van der Waals surface area contributed by atoms with Crippen LogP contribution in [-0.2, 0) is 6.54 Å². The average Bonchev–Trinajstić information content (AvgIpc) is 3.55. The number of nitrogens with one attached hydrogen (secondary N) is 2. The molecule has 0 amide bonds. The van der Waals surface area contributed by atoms with Crippen LogP contribution in [0.2, 0.25) is 0 Å². The Morgan fingerprint density at radius 3 is 2.78 bits per heavy atom. The lowest BCUT2D eigenvalue weighted by atomic mass is 10.0. The quantitative estimate of drug-likeness (QED) is 0.606.